The van der Waals surface area contributed by atoms with Gasteiger partial charge < -0.3 is 10.2 Å². The third-order valence-corrected chi connectivity index (χ3v) is 4.82. The maximum atomic E-state index is 13.1. The van der Waals surface area contributed by atoms with E-state index in [1.165, 1.54) is 5.56 Å². The molecule has 0 radical (unpaired) electrons. The highest BCUT2D eigenvalue weighted by Crippen LogP contribution is 2.35. The molecule has 124 valence electrons. The SMILES string of the molecule is O=C1N(c2ncccn2)C[C@@H](c2ccccc2)N1C1CCNCC1. The third kappa shape index (κ3) is 2.73. The van der Waals surface area contributed by atoms with Crippen LogP contribution < -0.4 is 10.2 Å². The Bertz CT molecular complexity index is 687. The van der Waals surface area contributed by atoms with Gasteiger partial charge in [0.05, 0.1) is 12.6 Å². The van der Waals surface area contributed by atoms with Gasteiger partial charge in [-0.25, -0.2) is 14.8 Å². The van der Waals surface area contributed by atoms with Crippen LogP contribution in [0.2, 0.25) is 0 Å². The van der Waals surface area contributed by atoms with Crippen molar-refractivity contribution in [3.63, 3.8) is 0 Å². The lowest BCUT2D eigenvalue weighted by Gasteiger charge is -2.35. The van der Waals surface area contributed by atoms with E-state index in [9.17, 15) is 4.79 Å². The molecule has 1 aromatic carbocycles. The Morgan fingerprint density at radius 1 is 1.00 bits per heavy atom. The number of amides is 2. The van der Waals surface area contributed by atoms with Crippen LogP contribution in [0.25, 0.3) is 0 Å². The van der Waals surface area contributed by atoms with Crippen molar-refractivity contribution < 1.29 is 4.79 Å². The van der Waals surface area contributed by atoms with Crippen LogP contribution in [-0.4, -0.2) is 46.6 Å². The van der Waals surface area contributed by atoms with Crippen molar-refractivity contribution in [2.45, 2.75) is 24.9 Å². The molecule has 3 heterocycles. The Hall–Kier alpha value is -2.47. The summed E-state index contributed by atoms with van der Waals surface area (Å²) in [4.78, 5) is 25.4. The molecule has 2 aromatic rings. The molecule has 6 nitrogen and oxygen atoms in total. The van der Waals surface area contributed by atoms with Gasteiger partial charge in [-0.2, -0.15) is 0 Å². The van der Waals surface area contributed by atoms with Crippen LogP contribution in [0.5, 0.6) is 0 Å². The van der Waals surface area contributed by atoms with E-state index in [0.29, 0.717) is 12.5 Å². The first-order chi connectivity index (χ1) is 11.8. The summed E-state index contributed by atoms with van der Waals surface area (Å²) in [6, 6.07) is 12.4. The summed E-state index contributed by atoms with van der Waals surface area (Å²) in [6.45, 7) is 2.51. The standard InChI is InChI=1S/C18H21N5O/c24-18-22(17-20-9-4-10-21-17)13-16(14-5-2-1-3-6-14)23(18)15-7-11-19-12-8-15/h1-6,9-10,15-16,19H,7-8,11-13H2/t16-/m0/s1. The molecule has 1 atom stereocenters. The molecule has 2 saturated heterocycles. The van der Waals surface area contributed by atoms with Gasteiger partial charge in [0.15, 0.2) is 0 Å². The average molecular weight is 323 g/mol. The van der Waals surface area contributed by atoms with Crippen LogP contribution in [0.15, 0.2) is 48.8 Å². The zero-order valence-electron chi connectivity index (χ0n) is 13.5. The van der Waals surface area contributed by atoms with Crippen molar-refractivity contribution in [2.24, 2.45) is 0 Å². The first-order valence-electron chi connectivity index (χ1n) is 8.47. The lowest BCUT2D eigenvalue weighted by atomic mass is 10.00. The van der Waals surface area contributed by atoms with Crippen LogP contribution in [0.3, 0.4) is 0 Å². The molecular weight excluding hydrogens is 302 g/mol. The number of piperidine rings is 1. The van der Waals surface area contributed by atoms with Crippen LogP contribution >= 0.6 is 0 Å². The molecule has 2 aliphatic heterocycles. The fourth-order valence-corrected chi connectivity index (χ4v) is 3.65. The number of hydrogen-bond acceptors (Lipinski definition) is 4. The van der Waals surface area contributed by atoms with Gasteiger partial charge in [-0.15, -0.1) is 0 Å². The molecule has 0 spiro atoms. The lowest BCUT2D eigenvalue weighted by molar-refractivity contribution is 0.158. The molecule has 6 heteroatoms. The average Bonchev–Trinajstić information content (AvgIpc) is 3.01. The van der Waals surface area contributed by atoms with Gasteiger partial charge >= 0.3 is 6.03 Å². The number of urea groups is 1. The van der Waals surface area contributed by atoms with Gasteiger partial charge in [0.2, 0.25) is 5.95 Å². The summed E-state index contributed by atoms with van der Waals surface area (Å²) in [7, 11) is 0. The monoisotopic (exact) mass is 323 g/mol. The van der Waals surface area contributed by atoms with E-state index in [4.69, 9.17) is 0 Å². The number of rotatable bonds is 3. The van der Waals surface area contributed by atoms with Crippen LogP contribution in [0.1, 0.15) is 24.4 Å². The molecule has 2 aliphatic rings. The highest BCUT2D eigenvalue weighted by atomic mass is 16.2. The fraction of sp³-hybridized carbons (Fsp3) is 0.389. The highest BCUT2D eigenvalue weighted by molar-refractivity contribution is 5.93. The van der Waals surface area contributed by atoms with Gasteiger partial charge in [-0.3, -0.25) is 4.90 Å². The Morgan fingerprint density at radius 2 is 1.71 bits per heavy atom. The minimum Gasteiger partial charge on any atom is -0.317 e. The molecule has 24 heavy (non-hydrogen) atoms. The van der Waals surface area contributed by atoms with Crippen molar-refractivity contribution in [3.8, 4) is 0 Å². The number of anilines is 1. The van der Waals surface area contributed by atoms with Crippen LogP contribution in [0.4, 0.5) is 10.7 Å². The number of aromatic nitrogens is 2. The number of hydrogen-bond donors (Lipinski definition) is 1. The van der Waals surface area contributed by atoms with E-state index in [1.54, 1.807) is 23.4 Å². The summed E-state index contributed by atoms with van der Waals surface area (Å²) in [5.41, 5.74) is 1.17. The van der Waals surface area contributed by atoms with E-state index in [1.807, 2.05) is 23.1 Å². The lowest BCUT2D eigenvalue weighted by Crippen LogP contribution is -2.46. The number of nitrogens with zero attached hydrogens (tertiary/aromatic N) is 4. The first kappa shape index (κ1) is 15.1. The quantitative estimate of drug-likeness (QED) is 0.941. The highest BCUT2D eigenvalue weighted by Gasteiger charge is 2.43. The van der Waals surface area contributed by atoms with E-state index in [0.717, 1.165) is 25.9 Å². The van der Waals surface area contributed by atoms with Crippen LogP contribution in [0, 0.1) is 0 Å². The summed E-state index contributed by atoms with van der Waals surface area (Å²) >= 11 is 0. The fourth-order valence-electron chi connectivity index (χ4n) is 3.65. The van der Waals surface area contributed by atoms with E-state index in [2.05, 4.69) is 27.4 Å². The first-order valence-corrected chi connectivity index (χ1v) is 8.47. The Morgan fingerprint density at radius 3 is 2.42 bits per heavy atom. The molecule has 4 rings (SSSR count). The van der Waals surface area contributed by atoms with Crippen molar-refractivity contribution >= 4 is 12.0 Å². The molecule has 1 aromatic heterocycles. The van der Waals surface area contributed by atoms with E-state index in [-0.39, 0.29) is 18.1 Å². The summed E-state index contributed by atoms with van der Waals surface area (Å²) in [6.07, 6.45) is 5.33. The molecular formula is C18H21N5O. The van der Waals surface area contributed by atoms with Crippen molar-refractivity contribution in [3.05, 3.63) is 54.4 Å². The molecule has 0 saturated carbocycles. The number of carbonyl (C=O) groups excluding carboxylic acids is 1. The molecule has 0 unspecified atom stereocenters. The largest absolute Gasteiger partial charge is 0.327 e. The number of nitrogens with one attached hydrogen (secondary N) is 1. The Kier molecular flexibility index (Phi) is 4.13. The normalized spacial score (nSPS) is 22.2. The van der Waals surface area contributed by atoms with Gasteiger partial charge in [0.1, 0.15) is 0 Å². The molecule has 0 bridgehead atoms. The van der Waals surface area contributed by atoms with E-state index >= 15 is 0 Å². The van der Waals surface area contributed by atoms with Gasteiger partial charge in [0.25, 0.3) is 0 Å². The zero-order valence-corrected chi connectivity index (χ0v) is 13.5. The summed E-state index contributed by atoms with van der Waals surface area (Å²) in [5.74, 6) is 0.486. The Labute approximate surface area is 141 Å². The predicted molar refractivity (Wildman–Crippen MR) is 91.7 cm³/mol. The maximum Gasteiger partial charge on any atom is 0.327 e. The van der Waals surface area contributed by atoms with Gasteiger partial charge in [-0.1, -0.05) is 30.3 Å². The van der Waals surface area contributed by atoms with E-state index < -0.39 is 0 Å². The minimum absolute atomic E-state index is 0.0157. The number of benzene rings is 1. The maximum absolute atomic E-state index is 13.1. The zero-order chi connectivity index (χ0) is 16.4. The topological polar surface area (TPSA) is 61.4 Å². The van der Waals surface area contributed by atoms with Crippen molar-refractivity contribution in [1.82, 2.24) is 20.2 Å². The second-order valence-electron chi connectivity index (χ2n) is 6.26. The van der Waals surface area contributed by atoms with Gasteiger partial charge in [-0.05, 0) is 37.6 Å². The predicted octanol–water partition coefficient (Wildman–Crippen LogP) is 2.21. The molecule has 2 fully saturated rings. The Balaban J connectivity index is 1.68. The van der Waals surface area contributed by atoms with Crippen molar-refractivity contribution in [1.29, 1.82) is 0 Å². The summed E-state index contributed by atoms with van der Waals surface area (Å²) < 4.78 is 0. The second-order valence-corrected chi connectivity index (χ2v) is 6.26. The second kappa shape index (κ2) is 6.57. The molecule has 2 amide bonds. The van der Waals surface area contributed by atoms with Gasteiger partial charge in [0, 0.05) is 18.4 Å². The van der Waals surface area contributed by atoms with Crippen molar-refractivity contribution in [2.75, 3.05) is 24.5 Å². The third-order valence-electron chi connectivity index (χ3n) is 4.82. The van der Waals surface area contributed by atoms with Crippen LogP contribution in [-0.2, 0) is 0 Å². The minimum atomic E-state index is 0.0157. The number of carbonyl (C=O) groups is 1. The molecule has 0 aliphatic carbocycles. The smallest absolute Gasteiger partial charge is 0.317 e. The molecule has 1 N–H and O–H groups in total. The summed E-state index contributed by atoms with van der Waals surface area (Å²) in [5, 5.41) is 3.37.